The molecule has 25 heavy (non-hydrogen) atoms. The van der Waals surface area contributed by atoms with E-state index in [9.17, 15) is 4.79 Å². The molecule has 0 aliphatic heterocycles. The number of benzene rings is 1. The average molecular weight is 340 g/mol. The topological polar surface area (TPSA) is 93.5 Å². The first kappa shape index (κ1) is 17.7. The molecule has 1 fully saturated rings. The molecular weight excluding hydrogens is 312 g/mol. The molecule has 1 aromatic carbocycles. The number of amides is 1. The lowest BCUT2D eigenvalue weighted by molar-refractivity contribution is -0.117. The van der Waals surface area contributed by atoms with Gasteiger partial charge in [0, 0.05) is 5.57 Å². The molecule has 0 bridgehead atoms. The highest BCUT2D eigenvalue weighted by Crippen LogP contribution is 2.49. The van der Waals surface area contributed by atoms with Gasteiger partial charge >= 0.3 is 0 Å². The summed E-state index contributed by atoms with van der Waals surface area (Å²) in [4.78, 5) is 12.5. The van der Waals surface area contributed by atoms with Crippen LogP contribution in [-0.4, -0.2) is 11.6 Å². The lowest BCUT2D eigenvalue weighted by Crippen LogP contribution is -2.40. The second-order valence-corrected chi connectivity index (χ2v) is 8.23. The monoisotopic (exact) mass is 340 g/mol. The lowest BCUT2D eigenvalue weighted by Gasteiger charge is -2.43. The molecule has 0 heterocycles. The van der Waals surface area contributed by atoms with E-state index < -0.39 is 0 Å². The summed E-state index contributed by atoms with van der Waals surface area (Å²) in [5, 5.41) is 4.04. The van der Waals surface area contributed by atoms with E-state index >= 15 is 0 Å². The van der Waals surface area contributed by atoms with E-state index in [1.165, 1.54) is 11.1 Å². The van der Waals surface area contributed by atoms with Crippen LogP contribution in [0.15, 0.2) is 40.5 Å². The average Bonchev–Trinajstić information content (AvgIpc) is 2.58. The second-order valence-electron chi connectivity index (χ2n) is 8.23. The van der Waals surface area contributed by atoms with Crippen LogP contribution in [0.1, 0.15) is 56.6 Å². The van der Waals surface area contributed by atoms with E-state index in [1.54, 1.807) is 0 Å². The van der Waals surface area contributed by atoms with Crippen LogP contribution in [0.5, 0.6) is 0 Å². The van der Waals surface area contributed by atoms with Gasteiger partial charge in [-0.2, -0.15) is 5.10 Å². The zero-order chi connectivity index (χ0) is 18.2. The van der Waals surface area contributed by atoms with Crippen LogP contribution in [0.2, 0.25) is 0 Å². The van der Waals surface area contributed by atoms with Crippen LogP contribution in [0.25, 0.3) is 0 Å². The number of hydrazone groups is 1. The van der Waals surface area contributed by atoms with Gasteiger partial charge in [-0.25, -0.2) is 5.84 Å². The Kier molecular flexibility index (Phi) is 4.69. The van der Waals surface area contributed by atoms with Crippen LogP contribution >= 0.6 is 0 Å². The third-order valence-corrected chi connectivity index (χ3v) is 5.62. The maximum Gasteiger partial charge on any atom is 0.261 e. The predicted molar refractivity (Wildman–Crippen MR) is 101 cm³/mol. The first-order valence-electron chi connectivity index (χ1n) is 8.92. The van der Waals surface area contributed by atoms with Crippen molar-refractivity contribution >= 4 is 11.6 Å². The molecule has 2 atom stereocenters. The molecule has 5 N–H and O–H groups in total. The van der Waals surface area contributed by atoms with Gasteiger partial charge in [-0.1, -0.05) is 43.7 Å². The molecule has 1 saturated carbocycles. The maximum absolute atomic E-state index is 12.5. The molecule has 2 aliphatic rings. The largest absolute Gasteiger partial charge is 0.323 e. The molecule has 1 aromatic rings. The Morgan fingerprint density at radius 2 is 1.92 bits per heavy atom. The molecule has 1 amide bonds. The number of nitrogens with one attached hydrogen (secondary N) is 1. The Balaban J connectivity index is 2.05. The summed E-state index contributed by atoms with van der Waals surface area (Å²) in [5.74, 6) is 11.5. The summed E-state index contributed by atoms with van der Waals surface area (Å²) in [5.41, 5.74) is 7.63. The van der Waals surface area contributed by atoms with Crippen molar-refractivity contribution in [3.05, 3.63) is 46.5 Å². The van der Waals surface area contributed by atoms with E-state index in [4.69, 9.17) is 11.7 Å². The summed E-state index contributed by atoms with van der Waals surface area (Å²) in [6.07, 6.45) is 3.52. The highest BCUT2D eigenvalue weighted by atomic mass is 16.2. The summed E-state index contributed by atoms with van der Waals surface area (Å²) >= 11 is 0. The van der Waals surface area contributed by atoms with Crippen molar-refractivity contribution in [3.63, 3.8) is 0 Å². The Labute approximate surface area is 149 Å². The van der Waals surface area contributed by atoms with Gasteiger partial charge in [0.2, 0.25) is 0 Å². The molecule has 0 radical (unpaired) electrons. The van der Waals surface area contributed by atoms with Gasteiger partial charge in [0.25, 0.3) is 5.91 Å². The summed E-state index contributed by atoms with van der Waals surface area (Å²) in [6.45, 7) is 6.57. The Hall–Kier alpha value is -2.14. The standard InChI is InChI=1S/C20H28N4O/c1-12-4-6-13(7-5-12)14-8-15-10-20(2,3)11-17(23-21)18(15)16(9-14)19(25)24-22/h4-7,14-15H,8-11,21-22H2,1-3H3,(H,24,25)/b23-17+/t14-,15-/m0/s1. The molecule has 0 aromatic heterocycles. The zero-order valence-electron chi connectivity index (χ0n) is 15.3. The summed E-state index contributed by atoms with van der Waals surface area (Å²) in [7, 11) is 0. The molecule has 3 rings (SSSR count). The third-order valence-electron chi connectivity index (χ3n) is 5.62. The van der Waals surface area contributed by atoms with Gasteiger partial charge in [0.05, 0.1) is 5.71 Å². The molecule has 5 nitrogen and oxygen atoms in total. The fraction of sp³-hybridized carbons (Fsp3) is 0.500. The molecule has 5 heteroatoms. The van der Waals surface area contributed by atoms with E-state index in [1.807, 2.05) is 0 Å². The molecular formula is C20H28N4O. The van der Waals surface area contributed by atoms with Crippen LogP contribution in [-0.2, 0) is 4.79 Å². The minimum absolute atomic E-state index is 0.131. The van der Waals surface area contributed by atoms with Crippen molar-refractivity contribution in [2.24, 2.45) is 28.1 Å². The smallest absolute Gasteiger partial charge is 0.261 e. The van der Waals surface area contributed by atoms with E-state index in [-0.39, 0.29) is 11.3 Å². The SMILES string of the molecule is Cc1ccc([C@@H]2CC(C(=O)NN)=C3/C(=N/N)CC(C)(C)C[C@@H]3C2)cc1. The lowest BCUT2D eigenvalue weighted by atomic mass is 9.61. The number of nitrogens with zero attached hydrogens (tertiary/aromatic N) is 1. The maximum atomic E-state index is 12.5. The predicted octanol–water partition coefficient (Wildman–Crippen LogP) is 2.91. The molecule has 0 saturated heterocycles. The molecule has 0 spiro atoms. The van der Waals surface area contributed by atoms with Gasteiger partial charge < -0.3 is 5.84 Å². The van der Waals surface area contributed by atoms with Crippen LogP contribution in [0, 0.1) is 18.3 Å². The Morgan fingerprint density at radius 1 is 1.24 bits per heavy atom. The number of fused-ring (bicyclic) bond motifs is 1. The number of hydrogen-bond acceptors (Lipinski definition) is 4. The third kappa shape index (κ3) is 3.47. The zero-order valence-corrected chi connectivity index (χ0v) is 15.3. The van der Waals surface area contributed by atoms with Gasteiger partial charge in [-0.05, 0) is 61.0 Å². The minimum Gasteiger partial charge on any atom is -0.323 e. The number of carbonyl (C=O) groups excluding carboxylic acids is 1. The van der Waals surface area contributed by atoms with Crippen LogP contribution < -0.4 is 17.1 Å². The number of allylic oxidation sites excluding steroid dienone is 1. The van der Waals surface area contributed by atoms with Crippen molar-refractivity contribution in [1.29, 1.82) is 0 Å². The highest BCUT2D eigenvalue weighted by Gasteiger charge is 2.42. The molecule has 134 valence electrons. The van der Waals surface area contributed by atoms with Crippen LogP contribution in [0.4, 0.5) is 0 Å². The highest BCUT2D eigenvalue weighted by molar-refractivity contribution is 6.09. The Bertz CT molecular complexity index is 731. The minimum atomic E-state index is -0.210. The number of carbonyl (C=O) groups is 1. The Morgan fingerprint density at radius 3 is 2.52 bits per heavy atom. The number of hydrazine groups is 1. The number of hydrogen-bond donors (Lipinski definition) is 3. The fourth-order valence-corrected chi connectivity index (χ4v) is 4.54. The van der Waals surface area contributed by atoms with Crippen LogP contribution in [0.3, 0.4) is 0 Å². The van der Waals surface area contributed by atoms with Crippen molar-refractivity contribution in [3.8, 4) is 0 Å². The van der Waals surface area contributed by atoms with Gasteiger partial charge in [0.1, 0.15) is 0 Å². The fourth-order valence-electron chi connectivity index (χ4n) is 4.54. The van der Waals surface area contributed by atoms with E-state index in [0.29, 0.717) is 18.3 Å². The molecule has 0 unspecified atom stereocenters. The first-order chi connectivity index (χ1) is 11.8. The van der Waals surface area contributed by atoms with E-state index in [2.05, 4.69) is 55.6 Å². The first-order valence-corrected chi connectivity index (χ1v) is 8.92. The second kappa shape index (κ2) is 6.64. The number of aryl methyl sites for hydroxylation is 1. The van der Waals surface area contributed by atoms with Gasteiger partial charge in [-0.15, -0.1) is 0 Å². The number of rotatable bonds is 2. The summed E-state index contributed by atoms with van der Waals surface area (Å²) in [6, 6.07) is 8.62. The van der Waals surface area contributed by atoms with Crippen molar-refractivity contribution in [2.45, 2.75) is 52.4 Å². The van der Waals surface area contributed by atoms with Gasteiger partial charge in [-0.3, -0.25) is 10.2 Å². The summed E-state index contributed by atoms with van der Waals surface area (Å²) < 4.78 is 0. The van der Waals surface area contributed by atoms with E-state index in [0.717, 1.165) is 36.1 Å². The molecule has 2 aliphatic carbocycles. The quantitative estimate of drug-likeness (QED) is 0.439. The van der Waals surface area contributed by atoms with Crippen molar-refractivity contribution in [1.82, 2.24) is 5.43 Å². The number of nitrogens with two attached hydrogens (primary N) is 2. The van der Waals surface area contributed by atoms with Crippen molar-refractivity contribution < 1.29 is 4.79 Å². The van der Waals surface area contributed by atoms with Crippen molar-refractivity contribution in [2.75, 3.05) is 0 Å². The normalized spacial score (nSPS) is 27.1. The van der Waals surface area contributed by atoms with Gasteiger partial charge in [0.15, 0.2) is 0 Å².